The standard InChI is InChI=1S/C23H29N3O4S2/c1-24-15-23(8-10-26(11-9-23)32(28,29)20-5-4-12-31-20)21-17-7-6-16(30-3)13-18(17)25(2)22(21)19(24)14-27/h4-7,12-13,19,27H,8-11,14-15H2,1-3H3/t19-/m1/s1. The van der Waals surface area contributed by atoms with E-state index in [2.05, 4.69) is 22.6 Å². The van der Waals surface area contributed by atoms with E-state index in [1.807, 2.05) is 19.2 Å². The zero-order valence-electron chi connectivity index (χ0n) is 18.6. The number of hydrogen-bond acceptors (Lipinski definition) is 6. The second-order valence-corrected chi connectivity index (χ2v) is 12.0. The fourth-order valence-corrected chi connectivity index (χ4v) is 8.30. The molecule has 0 amide bonds. The Kier molecular flexibility index (Phi) is 5.37. The van der Waals surface area contributed by atoms with Gasteiger partial charge < -0.3 is 14.4 Å². The molecule has 0 bridgehead atoms. The van der Waals surface area contributed by atoms with Gasteiger partial charge in [-0.15, -0.1) is 11.3 Å². The molecule has 0 aliphatic carbocycles. The largest absolute Gasteiger partial charge is 0.497 e. The number of aromatic nitrogens is 1. The average molecular weight is 476 g/mol. The van der Waals surface area contributed by atoms with Crippen LogP contribution in [0.2, 0.25) is 0 Å². The highest BCUT2D eigenvalue weighted by Crippen LogP contribution is 2.50. The molecule has 172 valence electrons. The fourth-order valence-electron chi connectivity index (χ4n) is 5.71. The van der Waals surface area contributed by atoms with Crippen LogP contribution in [-0.4, -0.2) is 67.7 Å². The molecule has 3 aromatic rings. The molecular formula is C23H29N3O4S2. The second-order valence-electron chi connectivity index (χ2n) is 8.93. The summed E-state index contributed by atoms with van der Waals surface area (Å²) in [5, 5.41) is 13.2. The van der Waals surface area contributed by atoms with Crippen molar-refractivity contribution in [3.63, 3.8) is 0 Å². The number of piperidine rings is 1. The number of rotatable bonds is 4. The molecule has 0 radical (unpaired) electrons. The number of methoxy groups -OCH3 is 1. The van der Waals surface area contributed by atoms with Gasteiger partial charge >= 0.3 is 0 Å². The lowest BCUT2D eigenvalue weighted by Crippen LogP contribution is -2.53. The van der Waals surface area contributed by atoms with E-state index in [1.165, 1.54) is 22.3 Å². The van der Waals surface area contributed by atoms with Crippen molar-refractivity contribution in [1.82, 2.24) is 13.8 Å². The van der Waals surface area contributed by atoms with Gasteiger partial charge in [-0.3, -0.25) is 4.90 Å². The first kappa shape index (κ1) is 21.9. The first-order chi connectivity index (χ1) is 15.3. The van der Waals surface area contributed by atoms with Gasteiger partial charge in [0.15, 0.2) is 0 Å². The number of sulfonamides is 1. The molecule has 2 aliphatic heterocycles. The van der Waals surface area contributed by atoms with Crippen LogP contribution < -0.4 is 4.74 Å². The van der Waals surface area contributed by atoms with Gasteiger partial charge in [-0.25, -0.2) is 8.42 Å². The van der Waals surface area contributed by atoms with Gasteiger partial charge in [0.2, 0.25) is 0 Å². The van der Waals surface area contributed by atoms with Crippen molar-refractivity contribution in [3.8, 4) is 5.75 Å². The van der Waals surface area contributed by atoms with E-state index in [1.54, 1.807) is 28.9 Å². The molecule has 9 heteroatoms. The second kappa shape index (κ2) is 7.85. The third-order valence-corrected chi connectivity index (χ3v) is 10.6. The van der Waals surface area contributed by atoms with Crippen LogP contribution in [0.15, 0.2) is 39.9 Å². The monoisotopic (exact) mass is 475 g/mol. The highest BCUT2D eigenvalue weighted by molar-refractivity contribution is 7.91. The Balaban J connectivity index is 1.59. The van der Waals surface area contributed by atoms with Crippen LogP contribution in [0.4, 0.5) is 0 Å². The Morgan fingerprint density at radius 3 is 2.59 bits per heavy atom. The number of aliphatic hydroxyl groups is 1. The summed E-state index contributed by atoms with van der Waals surface area (Å²) >= 11 is 1.27. The molecule has 1 atom stereocenters. The van der Waals surface area contributed by atoms with Crippen molar-refractivity contribution in [1.29, 1.82) is 0 Å². The number of aliphatic hydroxyl groups excluding tert-OH is 1. The highest BCUT2D eigenvalue weighted by atomic mass is 32.2. The maximum atomic E-state index is 13.1. The first-order valence-electron chi connectivity index (χ1n) is 10.8. The molecule has 7 nitrogen and oxygen atoms in total. The van der Waals surface area contributed by atoms with Crippen molar-refractivity contribution in [2.45, 2.75) is 28.5 Å². The van der Waals surface area contributed by atoms with Gasteiger partial charge in [0.05, 0.1) is 25.3 Å². The van der Waals surface area contributed by atoms with Crippen LogP contribution in [0.5, 0.6) is 5.75 Å². The summed E-state index contributed by atoms with van der Waals surface area (Å²) in [6.07, 6.45) is 1.50. The number of likely N-dealkylation sites (N-methyl/N-ethyl adjacent to an activating group) is 1. The predicted molar refractivity (Wildman–Crippen MR) is 126 cm³/mol. The molecule has 1 spiro atoms. The molecule has 1 saturated heterocycles. The average Bonchev–Trinajstić information content (AvgIpc) is 3.43. The quantitative estimate of drug-likeness (QED) is 0.628. The number of fused-ring (bicyclic) bond motifs is 4. The molecule has 2 aromatic heterocycles. The van der Waals surface area contributed by atoms with E-state index < -0.39 is 10.0 Å². The first-order valence-corrected chi connectivity index (χ1v) is 13.2. The van der Waals surface area contributed by atoms with Crippen LogP contribution in [0.1, 0.15) is 30.1 Å². The Morgan fingerprint density at radius 2 is 1.97 bits per heavy atom. The lowest BCUT2D eigenvalue weighted by molar-refractivity contribution is 0.0776. The van der Waals surface area contributed by atoms with Gasteiger partial charge in [-0.05, 0) is 49.0 Å². The van der Waals surface area contributed by atoms with Crippen LogP contribution in [0, 0.1) is 0 Å². The van der Waals surface area contributed by atoms with E-state index in [9.17, 15) is 13.5 Å². The lowest BCUT2D eigenvalue weighted by Gasteiger charge is -2.49. The van der Waals surface area contributed by atoms with Crippen LogP contribution in [-0.2, 0) is 22.5 Å². The summed E-state index contributed by atoms with van der Waals surface area (Å²) in [6, 6.07) is 9.52. The Hall–Kier alpha value is -1.91. The highest BCUT2D eigenvalue weighted by Gasteiger charge is 2.48. The van der Waals surface area contributed by atoms with Gasteiger partial charge in [0, 0.05) is 49.2 Å². The summed E-state index contributed by atoms with van der Waals surface area (Å²) in [5.41, 5.74) is 3.31. The molecule has 4 heterocycles. The van der Waals surface area contributed by atoms with E-state index in [0.29, 0.717) is 17.3 Å². The summed E-state index contributed by atoms with van der Waals surface area (Å²) in [6.45, 7) is 1.82. The number of nitrogens with zero attached hydrogens (tertiary/aromatic N) is 3. The summed E-state index contributed by atoms with van der Waals surface area (Å²) in [4.78, 5) is 2.22. The van der Waals surface area contributed by atoms with Gasteiger partial charge in [-0.2, -0.15) is 4.31 Å². The van der Waals surface area contributed by atoms with Crippen molar-refractivity contribution < 1.29 is 18.3 Å². The van der Waals surface area contributed by atoms with Crippen LogP contribution in [0.25, 0.3) is 10.9 Å². The molecule has 1 aromatic carbocycles. The number of thiophene rings is 1. The van der Waals surface area contributed by atoms with E-state index in [4.69, 9.17) is 4.74 Å². The Labute approximate surface area is 192 Å². The zero-order valence-corrected chi connectivity index (χ0v) is 20.2. The van der Waals surface area contributed by atoms with Crippen LogP contribution in [0.3, 0.4) is 0 Å². The normalized spacial score (nSPS) is 21.8. The fraction of sp³-hybridized carbons (Fsp3) is 0.478. The lowest BCUT2D eigenvalue weighted by atomic mass is 9.68. The molecule has 1 fully saturated rings. The number of hydrogen-bond donors (Lipinski definition) is 1. The van der Waals surface area contributed by atoms with Crippen molar-refractivity contribution in [2.24, 2.45) is 7.05 Å². The minimum atomic E-state index is -3.45. The molecule has 1 N–H and O–H groups in total. The van der Waals surface area contributed by atoms with Crippen molar-refractivity contribution in [2.75, 3.05) is 40.4 Å². The maximum Gasteiger partial charge on any atom is 0.252 e. The molecule has 2 aliphatic rings. The third kappa shape index (κ3) is 3.13. The molecule has 0 saturated carbocycles. The minimum Gasteiger partial charge on any atom is -0.497 e. The number of ether oxygens (including phenoxy) is 1. The molecule has 32 heavy (non-hydrogen) atoms. The predicted octanol–water partition coefficient (Wildman–Crippen LogP) is 2.95. The zero-order chi connectivity index (χ0) is 22.7. The van der Waals surface area contributed by atoms with E-state index in [-0.39, 0.29) is 18.1 Å². The third-order valence-electron chi connectivity index (χ3n) is 7.32. The van der Waals surface area contributed by atoms with Gasteiger partial charge in [0.1, 0.15) is 9.96 Å². The van der Waals surface area contributed by atoms with Crippen molar-refractivity contribution in [3.05, 3.63) is 47.0 Å². The Bertz CT molecular complexity index is 1240. The van der Waals surface area contributed by atoms with Gasteiger partial charge in [-0.1, -0.05) is 6.07 Å². The molecule has 5 rings (SSSR count). The van der Waals surface area contributed by atoms with E-state index >= 15 is 0 Å². The van der Waals surface area contributed by atoms with Crippen molar-refractivity contribution >= 4 is 32.3 Å². The van der Waals surface area contributed by atoms with Crippen LogP contribution >= 0.6 is 11.3 Å². The topological polar surface area (TPSA) is 75.0 Å². The van der Waals surface area contributed by atoms with Gasteiger partial charge in [0.25, 0.3) is 10.0 Å². The SMILES string of the molecule is COc1ccc2c3c(n(C)c2c1)[C@@H](CO)N(C)CC31CCN(S(=O)(=O)c2cccs2)CC1. The summed E-state index contributed by atoms with van der Waals surface area (Å²) in [5.74, 6) is 0.801. The Morgan fingerprint density at radius 1 is 1.22 bits per heavy atom. The molecular weight excluding hydrogens is 446 g/mol. The number of aryl methyl sites for hydroxylation is 1. The smallest absolute Gasteiger partial charge is 0.252 e. The van der Waals surface area contributed by atoms with E-state index in [0.717, 1.165) is 36.3 Å². The molecule has 0 unspecified atom stereocenters. The summed E-state index contributed by atoms with van der Waals surface area (Å²) in [7, 11) is 2.32. The summed E-state index contributed by atoms with van der Waals surface area (Å²) < 4.78 is 35.9. The number of benzene rings is 1. The maximum absolute atomic E-state index is 13.1. The minimum absolute atomic E-state index is 0.0414.